The molecule has 0 amide bonds. The van der Waals surface area contributed by atoms with Gasteiger partial charge in [0.25, 0.3) is 0 Å². The van der Waals surface area contributed by atoms with Crippen molar-refractivity contribution >= 4 is 41.6 Å². The third kappa shape index (κ3) is 7.49. The summed E-state index contributed by atoms with van der Waals surface area (Å²) in [5.74, 6) is 0.548. The molecule has 36 heavy (non-hydrogen) atoms. The third-order valence-corrected chi connectivity index (χ3v) is 11.7. The fourth-order valence-corrected chi connectivity index (χ4v) is 11.1. The van der Waals surface area contributed by atoms with Crippen LogP contribution in [0.25, 0.3) is 0 Å². The van der Waals surface area contributed by atoms with E-state index in [1.165, 1.54) is 15.9 Å². The lowest BCUT2D eigenvalue weighted by Gasteiger charge is -2.39. The molecule has 0 saturated carbocycles. The van der Waals surface area contributed by atoms with E-state index in [1.807, 2.05) is 0 Å². The summed E-state index contributed by atoms with van der Waals surface area (Å²) in [6, 6.07) is 33.2. The lowest BCUT2D eigenvalue weighted by Crippen LogP contribution is -2.46. The topological polar surface area (TPSA) is 66.4 Å². The molecule has 0 aliphatic heterocycles. The van der Waals surface area contributed by atoms with Crippen LogP contribution in [0.15, 0.2) is 91.0 Å². The number of halogens is 3. The van der Waals surface area contributed by atoms with E-state index < -0.39 is 31.2 Å². The molecular weight excluding hydrogens is 524 g/mol. The molecule has 10 heteroatoms. The molecule has 0 bridgehead atoms. The van der Waals surface area contributed by atoms with E-state index in [9.17, 15) is 13.2 Å². The molecule has 1 unspecified atom stereocenters. The zero-order chi connectivity index (χ0) is 27.2. The van der Waals surface area contributed by atoms with Gasteiger partial charge in [0, 0.05) is 5.92 Å². The maximum Gasteiger partial charge on any atom is 0.485 e. The average molecular weight is 557 g/mol. The van der Waals surface area contributed by atoms with E-state index in [0.29, 0.717) is 5.92 Å². The van der Waals surface area contributed by atoms with Crippen LogP contribution >= 0.6 is 7.26 Å². The minimum absolute atomic E-state index is 0.145. The molecule has 4 nitrogen and oxygen atoms in total. The third-order valence-electron chi connectivity index (χ3n) is 5.20. The molecule has 0 aliphatic carbocycles. The van der Waals surface area contributed by atoms with Crippen LogP contribution in [0, 0.1) is 5.92 Å². The van der Waals surface area contributed by atoms with Gasteiger partial charge >= 0.3 is 5.51 Å². The molecule has 0 aromatic heterocycles. The first-order chi connectivity index (χ1) is 16.6. The first kappa shape index (κ1) is 30.2. The van der Waals surface area contributed by atoms with Crippen molar-refractivity contribution in [1.82, 2.24) is 0 Å². The second-order valence-corrected chi connectivity index (χ2v) is 18.8. The van der Waals surface area contributed by atoms with Crippen LogP contribution in [0.4, 0.5) is 13.2 Å². The highest BCUT2D eigenvalue weighted by atomic mass is 32.2. The van der Waals surface area contributed by atoms with Crippen LogP contribution < -0.4 is 15.9 Å². The van der Waals surface area contributed by atoms with Gasteiger partial charge in [-0.15, -0.1) is 0 Å². The van der Waals surface area contributed by atoms with Gasteiger partial charge in [-0.1, -0.05) is 68.4 Å². The minimum atomic E-state index is -6.09. The maximum atomic E-state index is 10.7. The van der Waals surface area contributed by atoms with Gasteiger partial charge in [0.2, 0.25) is 0 Å². The summed E-state index contributed by atoms with van der Waals surface area (Å²) in [5, 5.41) is 4.18. The van der Waals surface area contributed by atoms with Crippen LogP contribution in [0.5, 0.6) is 0 Å². The van der Waals surface area contributed by atoms with Gasteiger partial charge in [-0.05, 0) is 56.0 Å². The van der Waals surface area contributed by atoms with Crippen LogP contribution in [0.2, 0.25) is 19.6 Å². The van der Waals surface area contributed by atoms with E-state index in [2.05, 4.69) is 124 Å². The van der Waals surface area contributed by atoms with Gasteiger partial charge in [-0.2, -0.15) is 13.2 Å². The van der Waals surface area contributed by atoms with Crippen molar-refractivity contribution < 1.29 is 30.6 Å². The molecule has 0 radical (unpaired) electrons. The number of hydrogen-bond donors (Lipinski definition) is 0. The Bertz CT molecular complexity index is 1090. The smallest absolute Gasteiger partial charge is 0.485 e. The Morgan fingerprint density at radius 1 is 0.750 bits per heavy atom. The zero-order valence-electron chi connectivity index (χ0n) is 20.9. The quantitative estimate of drug-likeness (QED) is 0.158. The van der Waals surface area contributed by atoms with Crippen LogP contribution in [0.1, 0.15) is 13.8 Å². The highest BCUT2D eigenvalue weighted by molar-refractivity contribution is 7.96. The summed E-state index contributed by atoms with van der Waals surface area (Å²) < 4.78 is 65.9. The monoisotopic (exact) mass is 556 g/mol. The van der Waals surface area contributed by atoms with Crippen LogP contribution in [-0.2, 0) is 14.5 Å². The van der Waals surface area contributed by atoms with Gasteiger partial charge < -0.3 is 8.98 Å². The number of hydrogen-bond acceptors (Lipinski definition) is 4. The molecule has 3 aromatic rings. The molecule has 3 rings (SSSR count). The Labute approximate surface area is 213 Å². The van der Waals surface area contributed by atoms with Crippen molar-refractivity contribution in [2.45, 2.75) is 44.8 Å². The van der Waals surface area contributed by atoms with Crippen molar-refractivity contribution in [2.24, 2.45) is 5.92 Å². The van der Waals surface area contributed by atoms with Crippen molar-refractivity contribution in [1.29, 1.82) is 0 Å². The van der Waals surface area contributed by atoms with E-state index in [1.54, 1.807) is 0 Å². The second kappa shape index (κ2) is 12.0. The Kier molecular flexibility index (Phi) is 10.1. The average Bonchev–Trinajstić information content (AvgIpc) is 2.79. The number of rotatable bonds is 7. The lowest BCUT2D eigenvalue weighted by atomic mass is 10.2. The van der Waals surface area contributed by atoms with Crippen molar-refractivity contribution in [3.63, 3.8) is 0 Å². The molecule has 0 N–H and O–H groups in total. The van der Waals surface area contributed by atoms with Crippen LogP contribution in [-0.4, -0.2) is 32.6 Å². The lowest BCUT2D eigenvalue weighted by molar-refractivity contribution is -0.0517. The first-order valence-electron chi connectivity index (χ1n) is 11.4. The number of benzene rings is 3. The summed E-state index contributed by atoms with van der Waals surface area (Å²) in [7, 11) is -9.86. The molecule has 0 aliphatic rings. The SMILES string of the molecule is CC(C)C(O[Si](C)(C)C)[P+](c1ccccc1)(c1ccccc1)c1ccccc1.O=S(=O)([O-])C(F)(F)F. The molecular formula is C26H32F3O4PSSi. The van der Waals surface area contributed by atoms with E-state index in [-0.39, 0.29) is 5.85 Å². The molecule has 0 spiro atoms. The van der Waals surface area contributed by atoms with Gasteiger partial charge in [-0.3, -0.25) is 0 Å². The van der Waals surface area contributed by atoms with Crippen LogP contribution in [0.3, 0.4) is 0 Å². The molecule has 0 saturated heterocycles. The molecule has 3 aromatic carbocycles. The Hall–Kier alpha value is -2.03. The van der Waals surface area contributed by atoms with Crippen molar-refractivity contribution in [3.8, 4) is 0 Å². The van der Waals surface area contributed by atoms with E-state index >= 15 is 0 Å². The molecule has 196 valence electrons. The van der Waals surface area contributed by atoms with Crippen molar-refractivity contribution in [3.05, 3.63) is 91.0 Å². The molecule has 1 atom stereocenters. The van der Waals surface area contributed by atoms with Gasteiger partial charge in [0.15, 0.2) is 24.3 Å². The van der Waals surface area contributed by atoms with Crippen molar-refractivity contribution in [2.75, 3.05) is 0 Å². The van der Waals surface area contributed by atoms with Gasteiger partial charge in [0.05, 0.1) is 0 Å². The minimum Gasteiger partial charge on any atom is -0.741 e. The fraction of sp³-hybridized carbons (Fsp3) is 0.308. The normalized spacial score (nSPS) is 13.6. The van der Waals surface area contributed by atoms with Gasteiger partial charge in [-0.25, -0.2) is 8.42 Å². The summed E-state index contributed by atoms with van der Waals surface area (Å²) in [6.07, 6.45) is 0. The standard InChI is InChI=1S/C25H32OPSi.CHF3O3S/c1-21(2)25(26-28(3,4)5)27(22-15-9-6-10-16-22,23-17-11-7-12-18-23)24-19-13-8-14-20-24;2-1(3,4)8(5,6)7/h6-21,25H,1-5H3;(H,5,6,7)/q+1;/p-1. The summed E-state index contributed by atoms with van der Waals surface area (Å²) in [5.41, 5.74) is -5.65. The second-order valence-electron chi connectivity index (χ2n) is 9.49. The zero-order valence-corrected chi connectivity index (χ0v) is 23.6. The summed E-state index contributed by atoms with van der Waals surface area (Å²) >= 11 is 0. The highest BCUT2D eigenvalue weighted by Gasteiger charge is 2.55. The largest absolute Gasteiger partial charge is 0.741 e. The van der Waals surface area contributed by atoms with E-state index in [4.69, 9.17) is 17.4 Å². The molecule has 0 fully saturated rings. The number of alkyl halides is 3. The highest BCUT2D eigenvalue weighted by Crippen LogP contribution is 2.62. The van der Waals surface area contributed by atoms with E-state index in [0.717, 1.165) is 0 Å². The Balaban J connectivity index is 0.000000493. The Morgan fingerprint density at radius 2 is 1.03 bits per heavy atom. The Morgan fingerprint density at radius 3 is 1.22 bits per heavy atom. The predicted octanol–water partition coefficient (Wildman–Crippen LogP) is 5.87. The fourth-order valence-electron chi connectivity index (χ4n) is 3.90. The van der Waals surface area contributed by atoms with Gasteiger partial charge in [0.1, 0.15) is 23.2 Å². The summed E-state index contributed by atoms with van der Waals surface area (Å²) in [4.78, 5) is 0. The summed E-state index contributed by atoms with van der Waals surface area (Å²) in [6.45, 7) is 11.5. The predicted molar refractivity (Wildman–Crippen MR) is 144 cm³/mol. The molecule has 0 heterocycles. The maximum absolute atomic E-state index is 10.7. The first-order valence-corrected chi connectivity index (χ1v) is 18.0.